The van der Waals surface area contributed by atoms with Gasteiger partial charge in [-0.2, -0.15) is 0 Å². The molecule has 0 aromatic heterocycles. The van der Waals surface area contributed by atoms with Crippen LogP contribution in [0.3, 0.4) is 0 Å². The van der Waals surface area contributed by atoms with Gasteiger partial charge in [0, 0.05) is 0 Å². The van der Waals surface area contributed by atoms with Gasteiger partial charge in [0.1, 0.15) is 0 Å². The molecule has 0 bridgehead atoms. The standard InChI is InChI=1S/C6H12.C6H10.C5H10.C5H8.C4H8.C4H6/c1-5(2)6(3)4;1-4-6(3)5-2;1-4-5(2)3;1-3-5-4-2;1-4(2)3;1-3-4-2/h1-4H3;4H,1,3,5H2,2H3;4H,1-3H3;3-5H,1H2,2H3;1H2,2-3H3;3-4H,1-2H2/b;;;5-4+;;. The molecule has 0 aliphatic heterocycles. The summed E-state index contributed by atoms with van der Waals surface area (Å²) in [6.45, 7) is 43.6. The van der Waals surface area contributed by atoms with Gasteiger partial charge in [0.2, 0.25) is 0 Å². The van der Waals surface area contributed by atoms with Crippen molar-refractivity contribution in [2.45, 2.75) is 82.6 Å². The van der Waals surface area contributed by atoms with Crippen molar-refractivity contribution < 1.29 is 0 Å². The summed E-state index contributed by atoms with van der Waals surface area (Å²) in [4.78, 5) is 0. The van der Waals surface area contributed by atoms with Crippen LogP contribution in [0.4, 0.5) is 0 Å². The molecule has 0 fully saturated rings. The second-order valence-electron chi connectivity index (χ2n) is 7.02. The lowest BCUT2D eigenvalue weighted by Gasteiger charge is -1.88. The van der Waals surface area contributed by atoms with Crippen molar-refractivity contribution in [2.75, 3.05) is 0 Å². The minimum Gasteiger partial charge on any atom is -0.100 e. The lowest BCUT2D eigenvalue weighted by Crippen LogP contribution is -1.66. The van der Waals surface area contributed by atoms with Crippen LogP contribution in [0.25, 0.3) is 0 Å². The first-order valence-corrected chi connectivity index (χ1v) is 10.4. The average Bonchev–Trinajstić information content (AvgIpc) is 2.69. The molecule has 0 radical (unpaired) electrons. The highest BCUT2D eigenvalue weighted by atomic mass is 13.8. The van der Waals surface area contributed by atoms with Crippen LogP contribution in [0, 0.1) is 0 Å². The fourth-order valence-electron chi connectivity index (χ4n) is 0.280. The highest BCUT2D eigenvalue weighted by Crippen LogP contribution is 1.97. The zero-order valence-electron chi connectivity index (χ0n) is 22.5. The van der Waals surface area contributed by atoms with Crippen LogP contribution in [-0.2, 0) is 0 Å². The summed E-state index contributed by atoms with van der Waals surface area (Å²) in [5.41, 5.74) is 6.50. The Morgan fingerprint density at radius 3 is 0.967 bits per heavy atom. The van der Waals surface area contributed by atoms with Crippen LogP contribution < -0.4 is 0 Å². The van der Waals surface area contributed by atoms with E-state index in [1.807, 2.05) is 39.8 Å². The van der Waals surface area contributed by atoms with Gasteiger partial charge in [-0.05, 0) is 75.7 Å². The van der Waals surface area contributed by atoms with E-state index in [0.29, 0.717) is 0 Å². The van der Waals surface area contributed by atoms with E-state index in [1.165, 1.54) is 22.3 Å². The smallest absolute Gasteiger partial charge is 0.0314 e. The molecule has 0 rings (SSSR count). The Bertz CT molecular complexity index is 484. The summed E-state index contributed by atoms with van der Waals surface area (Å²) < 4.78 is 0. The van der Waals surface area contributed by atoms with Gasteiger partial charge in [-0.3, -0.25) is 0 Å². The normalized spacial score (nSPS) is 7.30. The van der Waals surface area contributed by atoms with E-state index in [4.69, 9.17) is 0 Å². The van der Waals surface area contributed by atoms with Crippen molar-refractivity contribution in [3.63, 3.8) is 0 Å². The summed E-state index contributed by atoms with van der Waals surface area (Å²) in [5, 5.41) is 0. The fourth-order valence-corrected chi connectivity index (χ4v) is 0.280. The van der Waals surface area contributed by atoms with E-state index in [0.717, 1.165) is 12.0 Å². The molecule has 0 aliphatic carbocycles. The Morgan fingerprint density at radius 2 is 0.967 bits per heavy atom. The van der Waals surface area contributed by atoms with Crippen molar-refractivity contribution in [1.82, 2.24) is 0 Å². The van der Waals surface area contributed by atoms with Gasteiger partial charge in [0.15, 0.2) is 0 Å². The molecule has 0 unspecified atom stereocenters. The molecule has 0 saturated carbocycles. The van der Waals surface area contributed by atoms with E-state index in [1.54, 1.807) is 24.3 Å². The molecule has 0 aromatic carbocycles. The third-order valence-electron chi connectivity index (χ3n) is 2.82. The SMILES string of the molecule is C=C(C)C.C=C/C=C/C.C=CC(=C)CC.C=CC=C.CC(C)=C(C)C.CC=C(C)C. The quantitative estimate of drug-likeness (QED) is 0.317. The number of hydrogen-bond donors (Lipinski definition) is 0. The van der Waals surface area contributed by atoms with Crippen LogP contribution in [0.5, 0.6) is 0 Å². The molecule has 0 nitrogen and oxygen atoms in total. The van der Waals surface area contributed by atoms with Crippen molar-refractivity contribution in [1.29, 1.82) is 0 Å². The zero-order chi connectivity index (χ0) is 25.5. The van der Waals surface area contributed by atoms with Gasteiger partial charge in [0.05, 0.1) is 0 Å². The molecular weight excluding hydrogens is 360 g/mol. The van der Waals surface area contributed by atoms with Gasteiger partial charge in [-0.1, -0.05) is 110 Å². The van der Waals surface area contributed by atoms with Crippen LogP contribution in [0.1, 0.15) is 82.6 Å². The highest BCUT2D eigenvalue weighted by molar-refractivity contribution is 5.09. The van der Waals surface area contributed by atoms with E-state index >= 15 is 0 Å². The van der Waals surface area contributed by atoms with Gasteiger partial charge in [-0.25, -0.2) is 0 Å². The van der Waals surface area contributed by atoms with Gasteiger partial charge < -0.3 is 0 Å². The van der Waals surface area contributed by atoms with E-state index < -0.39 is 0 Å². The van der Waals surface area contributed by atoms with Gasteiger partial charge in [-0.15, -0.1) is 6.58 Å². The zero-order valence-corrected chi connectivity index (χ0v) is 22.5. The van der Waals surface area contributed by atoms with Crippen molar-refractivity contribution in [3.05, 3.63) is 110 Å². The first-order valence-electron chi connectivity index (χ1n) is 10.4. The highest BCUT2D eigenvalue weighted by Gasteiger charge is 1.75. The predicted octanol–water partition coefficient (Wildman–Crippen LogP) is 11.2. The maximum absolute atomic E-state index is 3.67. The largest absolute Gasteiger partial charge is 0.100 e. The predicted molar refractivity (Wildman–Crippen MR) is 150 cm³/mol. The van der Waals surface area contributed by atoms with Crippen molar-refractivity contribution in [2.24, 2.45) is 0 Å². The monoisotopic (exact) mass is 414 g/mol. The third kappa shape index (κ3) is 137. The molecule has 0 amide bonds. The average molecular weight is 415 g/mol. The molecule has 0 heteroatoms. The summed E-state index contributed by atoms with van der Waals surface area (Å²) in [6, 6.07) is 0. The minimum atomic E-state index is 1.02. The van der Waals surface area contributed by atoms with E-state index in [9.17, 15) is 0 Å². The topological polar surface area (TPSA) is 0 Å². The molecule has 30 heavy (non-hydrogen) atoms. The summed E-state index contributed by atoms with van der Waals surface area (Å²) in [7, 11) is 0. The Balaban J connectivity index is -0.0000000580. The second kappa shape index (κ2) is 41.1. The Labute approximate surface area is 192 Å². The number of hydrogen-bond acceptors (Lipinski definition) is 0. The Hall–Kier alpha value is -2.34. The molecule has 0 heterocycles. The molecule has 0 aromatic rings. The minimum absolute atomic E-state index is 1.02. The maximum Gasteiger partial charge on any atom is -0.0314 e. The van der Waals surface area contributed by atoms with Crippen LogP contribution >= 0.6 is 0 Å². The fraction of sp³-hybridized carbons (Fsp3) is 0.400. The number of allylic oxidation sites excluding steroid dienone is 12. The molecule has 0 spiro atoms. The maximum atomic E-state index is 3.67. The van der Waals surface area contributed by atoms with Crippen LogP contribution in [0.15, 0.2) is 110 Å². The molecule has 0 N–H and O–H groups in total. The first kappa shape index (κ1) is 41.9. The van der Waals surface area contributed by atoms with Gasteiger partial charge in [0.25, 0.3) is 0 Å². The molecule has 0 aliphatic rings. The molecule has 0 saturated heterocycles. The first-order chi connectivity index (χ1) is 13.8. The molecule has 0 atom stereocenters. The summed E-state index contributed by atoms with van der Waals surface area (Å²) >= 11 is 0. The lowest BCUT2D eigenvalue weighted by molar-refractivity contribution is 1.16. The van der Waals surface area contributed by atoms with Crippen LogP contribution in [-0.4, -0.2) is 0 Å². The Kier molecular flexibility index (Phi) is 57.4. The molecule has 174 valence electrons. The third-order valence-corrected chi connectivity index (χ3v) is 2.82. The van der Waals surface area contributed by atoms with Crippen molar-refractivity contribution in [3.8, 4) is 0 Å². The van der Waals surface area contributed by atoms with Crippen LogP contribution in [0.2, 0.25) is 0 Å². The lowest BCUT2D eigenvalue weighted by atomic mass is 10.2. The summed E-state index contributed by atoms with van der Waals surface area (Å²) in [6.07, 6.45) is 13.7. The summed E-state index contributed by atoms with van der Waals surface area (Å²) in [5.74, 6) is 0. The Morgan fingerprint density at radius 1 is 0.667 bits per heavy atom. The second-order valence-corrected chi connectivity index (χ2v) is 7.02. The van der Waals surface area contributed by atoms with Crippen molar-refractivity contribution >= 4 is 0 Å². The van der Waals surface area contributed by atoms with E-state index in [2.05, 4.69) is 94.0 Å². The van der Waals surface area contributed by atoms with E-state index in [-0.39, 0.29) is 0 Å². The molecular formula is C30H54. The van der Waals surface area contributed by atoms with Gasteiger partial charge >= 0.3 is 0 Å². The number of rotatable bonds is 4.